The van der Waals surface area contributed by atoms with Crippen LogP contribution in [-0.4, -0.2) is 17.6 Å². The average Bonchev–Trinajstić information content (AvgIpc) is 3.49. The SMILES string of the molecule is C=CCOC(=O)C(Oc1nc(-c2cccs2)cc(-c2ccc(Br)o2)c1N)c1ccccc1. The molecule has 1 atom stereocenters. The molecule has 0 aliphatic carbocycles. The standard InChI is InChI=1S/C24H19BrN2O4S/c1-2-12-29-24(28)22(15-7-4-3-5-8-15)31-23-21(26)16(18-10-11-20(25)30-18)14-17(27-23)19-9-6-13-32-19/h2-11,13-14,22H,1,12,26H2. The monoisotopic (exact) mass is 510 g/mol. The molecular formula is C24H19BrN2O4S. The fraction of sp³-hybridized carbons (Fsp3) is 0.0833. The molecule has 0 spiro atoms. The number of carbonyl (C=O) groups is 1. The minimum atomic E-state index is -1.05. The lowest BCUT2D eigenvalue weighted by atomic mass is 10.1. The highest BCUT2D eigenvalue weighted by Gasteiger charge is 2.27. The van der Waals surface area contributed by atoms with E-state index in [2.05, 4.69) is 27.5 Å². The average molecular weight is 511 g/mol. The van der Waals surface area contributed by atoms with E-state index >= 15 is 0 Å². The van der Waals surface area contributed by atoms with Gasteiger partial charge in [0.1, 0.15) is 18.1 Å². The quantitative estimate of drug-likeness (QED) is 0.222. The molecule has 6 nitrogen and oxygen atoms in total. The van der Waals surface area contributed by atoms with Crippen LogP contribution in [0.2, 0.25) is 0 Å². The highest BCUT2D eigenvalue weighted by molar-refractivity contribution is 9.10. The van der Waals surface area contributed by atoms with Crippen LogP contribution in [0.3, 0.4) is 0 Å². The lowest BCUT2D eigenvalue weighted by Gasteiger charge is -2.20. The van der Waals surface area contributed by atoms with Gasteiger partial charge in [-0.05, 0) is 45.6 Å². The first-order chi connectivity index (χ1) is 15.6. The number of nitrogens with two attached hydrogens (primary N) is 1. The van der Waals surface area contributed by atoms with Crippen molar-refractivity contribution < 1.29 is 18.7 Å². The van der Waals surface area contributed by atoms with Gasteiger partial charge in [0.2, 0.25) is 12.0 Å². The van der Waals surface area contributed by atoms with Crippen molar-refractivity contribution in [2.75, 3.05) is 12.3 Å². The van der Waals surface area contributed by atoms with Crippen LogP contribution in [0, 0.1) is 0 Å². The number of hydrogen-bond acceptors (Lipinski definition) is 7. The number of carbonyl (C=O) groups excluding carboxylic acids is 1. The maximum Gasteiger partial charge on any atom is 0.352 e. The van der Waals surface area contributed by atoms with Crippen LogP contribution < -0.4 is 10.5 Å². The third-order valence-corrected chi connectivity index (χ3v) is 5.84. The summed E-state index contributed by atoms with van der Waals surface area (Å²) in [5.74, 6) is 0.0916. The van der Waals surface area contributed by atoms with Crippen LogP contribution in [0.25, 0.3) is 21.9 Å². The van der Waals surface area contributed by atoms with Crippen molar-refractivity contribution in [1.29, 1.82) is 0 Å². The lowest BCUT2D eigenvalue weighted by Crippen LogP contribution is -2.22. The van der Waals surface area contributed by atoms with Crippen molar-refractivity contribution >= 4 is 38.9 Å². The van der Waals surface area contributed by atoms with E-state index in [0.717, 1.165) is 4.88 Å². The third-order valence-electron chi connectivity index (χ3n) is 4.53. The summed E-state index contributed by atoms with van der Waals surface area (Å²) in [6, 6.07) is 18.3. The van der Waals surface area contributed by atoms with Crippen LogP contribution >= 0.6 is 27.3 Å². The van der Waals surface area contributed by atoms with Gasteiger partial charge >= 0.3 is 5.97 Å². The van der Waals surface area contributed by atoms with E-state index < -0.39 is 12.1 Å². The predicted octanol–water partition coefficient (Wildman–Crippen LogP) is 6.26. The molecule has 8 heteroatoms. The number of benzene rings is 1. The molecule has 0 saturated carbocycles. The number of nitrogen functional groups attached to an aromatic ring is 1. The normalized spacial score (nSPS) is 11.7. The second kappa shape index (κ2) is 9.84. The van der Waals surface area contributed by atoms with Crippen molar-refractivity contribution in [3.63, 3.8) is 0 Å². The van der Waals surface area contributed by atoms with Crippen LogP contribution in [0.4, 0.5) is 5.69 Å². The van der Waals surface area contributed by atoms with Crippen molar-refractivity contribution in [2.45, 2.75) is 6.10 Å². The highest BCUT2D eigenvalue weighted by atomic mass is 79.9. The molecule has 0 saturated heterocycles. The second-order valence-corrected chi connectivity index (χ2v) is 8.41. The van der Waals surface area contributed by atoms with Gasteiger partial charge in [0, 0.05) is 11.1 Å². The molecule has 0 bridgehead atoms. The molecule has 0 aliphatic heterocycles. The summed E-state index contributed by atoms with van der Waals surface area (Å²) >= 11 is 4.85. The fourth-order valence-electron chi connectivity index (χ4n) is 3.04. The number of aromatic nitrogens is 1. The lowest BCUT2D eigenvalue weighted by molar-refractivity contribution is -0.151. The maximum atomic E-state index is 12.8. The Hall–Kier alpha value is -3.36. The van der Waals surface area contributed by atoms with Crippen LogP contribution in [-0.2, 0) is 9.53 Å². The van der Waals surface area contributed by atoms with Gasteiger partial charge in [0.25, 0.3) is 0 Å². The van der Waals surface area contributed by atoms with Crippen LogP contribution in [0.1, 0.15) is 11.7 Å². The Morgan fingerprint density at radius 3 is 2.69 bits per heavy atom. The van der Waals surface area contributed by atoms with E-state index in [9.17, 15) is 4.79 Å². The number of hydrogen-bond donors (Lipinski definition) is 1. The molecule has 4 aromatic rings. The zero-order valence-corrected chi connectivity index (χ0v) is 19.3. The summed E-state index contributed by atoms with van der Waals surface area (Å²) in [5, 5.41) is 1.95. The second-order valence-electron chi connectivity index (χ2n) is 6.68. The predicted molar refractivity (Wildman–Crippen MR) is 128 cm³/mol. The molecular weight excluding hydrogens is 492 g/mol. The van der Waals surface area contributed by atoms with Crippen molar-refractivity contribution in [3.8, 4) is 27.8 Å². The number of ether oxygens (including phenoxy) is 2. The number of thiophene rings is 1. The van der Waals surface area contributed by atoms with Gasteiger partial charge in [-0.3, -0.25) is 0 Å². The molecule has 162 valence electrons. The molecule has 1 aromatic carbocycles. The first-order valence-corrected chi connectivity index (χ1v) is 11.3. The molecule has 0 aliphatic rings. The Kier molecular flexibility index (Phi) is 6.72. The van der Waals surface area contributed by atoms with E-state index in [0.29, 0.717) is 27.3 Å². The van der Waals surface area contributed by atoms with Gasteiger partial charge in [-0.25, -0.2) is 9.78 Å². The minimum absolute atomic E-state index is 0.0648. The van der Waals surface area contributed by atoms with E-state index in [1.54, 1.807) is 24.3 Å². The largest absolute Gasteiger partial charge is 0.458 e. The van der Waals surface area contributed by atoms with Gasteiger partial charge in [0.15, 0.2) is 4.67 Å². The smallest absolute Gasteiger partial charge is 0.352 e. The number of halogens is 1. The zero-order chi connectivity index (χ0) is 22.5. The van der Waals surface area contributed by atoms with Crippen molar-refractivity contribution in [1.82, 2.24) is 4.98 Å². The Morgan fingerprint density at radius 1 is 1.22 bits per heavy atom. The number of anilines is 1. The molecule has 3 aromatic heterocycles. The minimum Gasteiger partial charge on any atom is -0.458 e. The van der Waals surface area contributed by atoms with Gasteiger partial charge in [-0.1, -0.05) is 49.1 Å². The number of esters is 1. The molecule has 0 fully saturated rings. The summed E-state index contributed by atoms with van der Waals surface area (Å²) in [7, 11) is 0. The Labute approximate surface area is 197 Å². The number of furan rings is 1. The number of rotatable bonds is 8. The van der Waals surface area contributed by atoms with E-state index in [1.807, 2.05) is 41.8 Å². The van der Waals surface area contributed by atoms with E-state index in [-0.39, 0.29) is 18.2 Å². The molecule has 32 heavy (non-hydrogen) atoms. The molecule has 1 unspecified atom stereocenters. The topological polar surface area (TPSA) is 87.6 Å². The van der Waals surface area contributed by atoms with Crippen LogP contribution in [0.5, 0.6) is 5.88 Å². The van der Waals surface area contributed by atoms with Crippen LogP contribution in [0.15, 0.2) is 87.8 Å². The van der Waals surface area contributed by atoms with Crippen molar-refractivity contribution in [3.05, 3.63) is 88.9 Å². The van der Waals surface area contributed by atoms with Crippen molar-refractivity contribution in [2.24, 2.45) is 0 Å². The zero-order valence-electron chi connectivity index (χ0n) is 16.9. The molecule has 3 heterocycles. The first-order valence-electron chi connectivity index (χ1n) is 9.66. The van der Waals surface area contributed by atoms with E-state index in [4.69, 9.17) is 19.6 Å². The third kappa shape index (κ3) is 4.76. The summed E-state index contributed by atoms with van der Waals surface area (Å²) < 4.78 is 17.7. The molecule has 4 rings (SSSR count). The molecule has 2 N–H and O–H groups in total. The van der Waals surface area contributed by atoms with Gasteiger partial charge in [0.05, 0.1) is 10.6 Å². The van der Waals surface area contributed by atoms with Gasteiger partial charge in [-0.15, -0.1) is 11.3 Å². The maximum absolute atomic E-state index is 12.8. The Bertz CT molecular complexity index is 1220. The number of nitrogens with zero attached hydrogens (tertiary/aromatic N) is 1. The van der Waals surface area contributed by atoms with E-state index in [1.165, 1.54) is 17.4 Å². The van der Waals surface area contributed by atoms with Gasteiger partial charge in [-0.2, -0.15) is 0 Å². The Morgan fingerprint density at radius 2 is 2.03 bits per heavy atom. The Balaban J connectivity index is 1.80. The summed E-state index contributed by atoms with van der Waals surface area (Å²) in [4.78, 5) is 18.3. The summed E-state index contributed by atoms with van der Waals surface area (Å²) in [6.07, 6.45) is 0.442. The summed E-state index contributed by atoms with van der Waals surface area (Å²) in [5.41, 5.74) is 8.58. The summed E-state index contributed by atoms with van der Waals surface area (Å²) in [6.45, 7) is 3.65. The fourth-order valence-corrected chi connectivity index (χ4v) is 4.04. The first kappa shape index (κ1) is 21.9. The highest BCUT2D eigenvalue weighted by Crippen LogP contribution is 2.39. The van der Waals surface area contributed by atoms with Gasteiger partial charge < -0.3 is 19.6 Å². The number of pyridine rings is 1. The molecule has 0 amide bonds. The molecule has 0 radical (unpaired) electrons.